The molecule has 1 fully saturated rings. The molecule has 1 aromatic carbocycles. The van der Waals surface area contributed by atoms with Gasteiger partial charge in [0, 0.05) is 29.0 Å². The molecule has 0 radical (unpaired) electrons. The fourth-order valence-electron chi connectivity index (χ4n) is 2.63. The van der Waals surface area contributed by atoms with Gasteiger partial charge in [-0.1, -0.05) is 15.9 Å². The van der Waals surface area contributed by atoms with E-state index in [9.17, 15) is 4.79 Å². The highest BCUT2D eigenvalue weighted by Crippen LogP contribution is 2.45. The van der Waals surface area contributed by atoms with Crippen molar-refractivity contribution in [3.8, 4) is 11.5 Å². The molecule has 2 aromatic rings. The molecule has 0 bridgehead atoms. The van der Waals surface area contributed by atoms with Gasteiger partial charge < -0.3 is 14.4 Å². The van der Waals surface area contributed by atoms with Crippen molar-refractivity contribution in [2.75, 3.05) is 20.0 Å². The number of pyridine rings is 1. The third kappa shape index (κ3) is 3.37. The number of rotatable bonds is 5. The number of thioether (sulfide) groups is 1. The molecule has 24 heavy (non-hydrogen) atoms. The predicted octanol–water partition coefficient (Wildman–Crippen LogP) is 3.64. The summed E-state index contributed by atoms with van der Waals surface area (Å²) in [6.45, 7) is 0.555. The van der Waals surface area contributed by atoms with E-state index in [4.69, 9.17) is 9.47 Å². The molecular formula is C17H17BrN2O3S. The van der Waals surface area contributed by atoms with Crippen molar-refractivity contribution in [1.82, 2.24) is 9.88 Å². The van der Waals surface area contributed by atoms with Crippen molar-refractivity contribution in [1.29, 1.82) is 0 Å². The van der Waals surface area contributed by atoms with Crippen LogP contribution in [0.15, 0.2) is 41.1 Å². The fraction of sp³-hybridized carbons (Fsp3) is 0.294. The van der Waals surface area contributed by atoms with E-state index in [0.717, 1.165) is 15.6 Å². The highest BCUT2D eigenvalue weighted by molar-refractivity contribution is 9.10. The Kier molecular flexibility index (Phi) is 5.30. The topological polar surface area (TPSA) is 51.7 Å². The second-order valence-corrected chi connectivity index (χ2v) is 7.19. The highest BCUT2D eigenvalue weighted by Gasteiger charge is 2.34. The van der Waals surface area contributed by atoms with Gasteiger partial charge in [-0.3, -0.25) is 9.78 Å². The highest BCUT2D eigenvalue weighted by atomic mass is 79.9. The average molecular weight is 409 g/mol. The van der Waals surface area contributed by atoms with Gasteiger partial charge in [0.1, 0.15) is 5.37 Å². The lowest BCUT2D eigenvalue weighted by Crippen LogP contribution is -2.27. The summed E-state index contributed by atoms with van der Waals surface area (Å²) in [7, 11) is 3.21. The van der Waals surface area contributed by atoms with Crippen LogP contribution in [0.3, 0.4) is 0 Å². The summed E-state index contributed by atoms with van der Waals surface area (Å²) in [4.78, 5) is 18.3. The normalized spacial score (nSPS) is 17.2. The number of carbonyl (C=O) groups excluding carboxylic acids is 1. The minimum Gasteiger partial charge on any atom is -0.493 e. The first-order valence-electron chi connectivity index (χ1n) is 7.35. The molecule has 1 atom stereocenters. The predicted molar refractivity (Wildman–Crippen MR) is 97.2 cm³/mol. The summed E-state index contributed by atoms with van der Waals surface area (Å²) in [6.07, 6.45) is 3.48. The summed E-state index contributed by atoms with van der Waals surface area (Å²) in [5.74, 6) is 1.91. The van der Waals surface area contributed by atoms with Crippen LogP contribution < -0.4 is 9.47 Å². The molecule has 126 valence electrons. The van der Waals surface area contributed by atoms with E-state index in [-0.39, 0.29) is 11.3 Å². The van der Waals surface area contributed by atoms with Gasteiger partial charge in [-0.15, -0.1) is 11.8 Å². The maximum absolute atomic E-state index is 12.4. The second-order valence-electron chi connectivity index (χ2n) is 5.27. The molecule has 1 aromatic heterocycles. The first-order chi connectivity index (χ1) is 11.6. The molecule has 7 heteroatoms. The van der Waals surface area contributed by atoms with Gasteiger partial charge in [0.05, 0.1) is 20.0 Å². The van der Waals surface area contributed by atoms with E-state index >= 15 is 0 Å². The van der Waals surface area contributed by atoms with E-state index in [0.29, 0.717) is 23.8 Å². The van der Waals surface area contributed by atoms with Crippen LogP contribution in [0, 0.1) is 0 Å². The minimum atomic E-state index is -0.0696. The molecule has 0 saturated carbocycles. The van der Waals surface area contributed by atoms with Crippen LogP contribution in [0.4, 0.5) is 0 Å². The third-order valence-corrected chi connectivity index (χ3v) is 5.76. The van der Waals surface area contributed by atoms with E-state index in [1.807, 2.05) is 29.2 Å². The van der Waals surface area contributed by atoms with Gasteiger partial charge in [-0.05, 0) is 29.8 Å². The first-order valence-corrected chi connectivity index (χ1v) is 9.19. The maximum atomic E-state index is 12.4. The van der Waals surface area contributed by atoms with Gasteiger partial charge in [-0.2, -0.15) is 0 Å². The van der Waals surface area contributed by atoms with Crippen molar-refractivity contribution in [3.63, 3.8) is 0 Å². The van der Waals surface area contributed by atoms with Crippen molar-refractivity contribution in [2.24, 2.45) is 0 Å². The maximum Gasteiger partial charge on any atom is 0.234 e. The fourth-order valence-corrected chi connectivity index (χ4v) is 4.53. The molecule has 1 amide bonds. The summed E-state index contributed by atoms with van der Waals surface area (Å²) in [6, 6.07) is 7.66. The zero-order chi connectivity index (χ0) is 17.1. The number of hydrogen-bond donors (Lipinski definition) is 0. The van der Waals surface area contributed by atoms with Crippen LogP contribution >= 0.6 is 27.7 Å². The number of nitrogens with zero attached hydrogens (tertiary/aromatic N) is 2. The number of methoxy groups -OCH3 is 2. The summed E-state index contributed by atoms with van der Waals surface area (Å²) in [5, 5.41) is -0.0696. The number of halogens is 1. The van der Waals surface area contributed by atoms with Crippen LogP contribution in [0.25, 0.3) is 0 Å². The average Bonchev–Trinajstić information content (AvgIpc) is 2.96. The first kappa shape index (κ1) is 17.1. The molecular weight excluding hydrogens is 392 g/mol. The monoisotopic (exact) mass is 408 g/mol. The van der Waals surface area contributed by atoms with Crippen molar-refractivity contribution in [3.05, 3.63) is 52.3 Å². The van der Waals surface area contributed by atoms with Crippen LogP contribution in [-0.2, 0) is 11.3 Å². The van der Waals surface area contributed by atoms with Crippen molar-refractivity contribution in [2.45, 2.75) is 11.9 Å². The van der Waals surface area contributed by atoms with E-state index in [2.05, 4.69) is 20.9 Å². The van der Waals surface area contributed by atoms with Gasteiger partial charge in [-0.25, -0.2) is 0 Å². The molecule has 2 heterocycles. The number of hydrogen-bond acceptors (Lipinski definition) is 5. The summed E-state index contributed by atoms with van der Waals surface area (Å²) >= 11 is 5.21. The molecule has 0 N–H and O–H groups in total. The van der Waals surface area contributed by atoms with Gasteiger partial charge in [0.2, 0.25) is 5.91 Å². The van der Waals surface area contributed by atoms with E-state index < -0.39 is 0 Å². The van der Waals surface area contributed by atoms with Crippen LogP contribution in [0.1, 0.15) is 16.5 Å². The SMILES string of the molecule is COc1cc(Br)c(C2SCC(=O)N2Cc2ccncc2)cc1OC. The third-order valence-electron chi connectivity index (χ3n) is 3.84. The minimum absolute atomic E-state index is 0.0696. The Morgan fingerprint density at radius 2 is 1.92 bits per heavy atom. The summed E-state index contributed by atoms with van der Waals surface area (Å²) in [5.41, 5.74) is 2.06. The Bertz CT molecular complexity index is 742. The lowest BCUT2D eigenvalue weighted by molar-refractivity contribution is -0.128. The van der Waals surface area contributed by atoms with E-state index in [1.54, 1.807) is 38.4 Å². The van der Waals surface area contributed by atoms with Crippen molar-refractivity contribution >= 4 is 33.6 Å². The molecule has 0 aliphatic carbocycles. The molecule has 3 rings (SSSR count). The molecule has 0 spiro atoms. The quantitative estimate of drug-likeness (QED) is 0.755. The number of carbonyl (C=O) groups is 1. The van der Waals surface area contributed by atoms with Crippen LogP contribution in [0.2, 0.25) is 0 Å². The second kappa shape index (κ2) is 7.44. The Morgan fingerprint density at radius 1 is 1.25 bits per heavy atom. The van der Waals surface area contributed by atoms with Crippen LogP contribution in [-0.4, -0.2) is 35.8 Å². The zero-order valence-electron chi connectivity index (χ0n) is 13.4. The summed E-state index contributed by atoms with van der Waals surface area (Å²) < 4.78 is 11.6. The smallest absolute Gasteiger partial charge is 0.234 e. The van der Waals surface area contributed by atoms with Gasteiger partial charge >= 0.3 is 0 Å². The Balaban J connectivity index is 1.94. The Morgan fingerprint density at radius 3 is 2.58 bits per heavy atom. The standard InChI is InChI=1S/C17H17BrN2O3S/c1-22-14-7-12(13(18)8-15(14)23-2)17-20(16(21)10-24-17)9-11-3-5-19-6-4-11/h3-8,17H,9-10H2,1-2H3. The number of ether oxygens (including phenoxy) is 2. The zero-order valence-corrected chi connectivity index (χ0v) is 15.8. The van der Waals surface area contributed by atoms with E-state index in [1.165, 1.54) is 0 Å². The molecule has 1 aliphatic heterocycles. The van der Waals surface area contributed by atoms with Gasteiger partial charge in [0.15, 0.2) is 11.5 Å². The van der Waals surface area contributed by atoms with Gasteiger partial charge in [0.25, 0.3) is 0 Å². The number of aromatic nitrogens is 1. The lowest BCUT2D eigenvalue weighted by atomic mass is 10.1. The largest absolute Gasteiger partial charge is 0.493 e. The van der Waals surface area contributed by atoms with Crippen LogP contribution in [0.5, 0.6) is 11.5 Å². The Labute approximate surface area is 153 Å². The molecule has 1 aliphatic rings. The molecule has 5 nitrogen and oxygen atoms in total. The van der Waals surface area contributed by atoms with Crippen molar-refractivity contribution < 1.29 is 14.3 Å². The molecule has 1 saturated heterocycles. The lowest BCUT2D eigenvalue weighted by Gasteiger charge is -2.26. The Hall–Kier alpha value is -1.73. The number of benzene rings is 1. The molecule has 1 unspecified atom stereocenters. The number of amides is 1.